The van der Waals surface area contributed by atoms with Gasteiger partial charge in [0.05, 0.1) is 37.5 Å². The highest BCUT2D eigenvalue weighted by Gasteiger charge is 2.12. The minimum absolute atomic E-state index is 0.392. The van der Waals surface area contributed by atoms with Gasteiger partial charge in [-0.1, -0.05) is 0 Å². The normalized spacial score (nSPS) is 10.4. The number of hydrogen-bond donors (Lipinski definition) is 0. The molecule has 0 fully saturated rings. The first-order valence-electron chi connectivity index (χ1n) is 5.42. The molecule has 2 aromatic rings. The molecule has 0 aliphatic carbocycles. The molecule has 0 aliphatic heterocycles. The quantitative estimate of drug-likeness (QED) is 0.812. The SMILES string of the molecule is COCc1cnc(OC)c(-c2cncc(C)n2)n1. The minimum Gasteiger partial charge on any atom is -0.479 e. The molecule has 0 spiro atoms. The fourth-order valence-corrected chi connectivity index (χ4v) is 1.53. The van der Waals surface area contributed by atoms with Crippen molar-refractivity contribution in [3.63, 3.8) is 0 Å². The van der Waals surface area contributed by atoms with Crippen LogP contribution in [-0.4, -0.2) is 34.2 Å². The molecule has 18 heavy (non-hydrogen) atoms. The number of hydrogen-bond acceptors (Lipinski definition) is 6. The fourth-order valence-electron chi connectivity index (χ4n) is 1.53. The van der Waals surface area contributed by atoms with Crippen molar-refractivity contribution in [2.75, 3.05) is 14.2 Å². The lowest BCUT2D eigenvalue weighted by Gasteiger charge is -2.08. The molecule has 0 aromatic carbocycles. The number of aryl methyl sites for hydroxylation is 1. The van der Waals surface area contributed by atoms with Gasteiger partial charge < -0.3 is 9.47 Å². The van der Waals surface area contributed by atoms with Gasteiger partial charge in [0, 0.05) is 13.3 Å². The largest absolute Gasteiger partial charge is 0.479 e. The van der Waals surface area contributed by atoms with Gasteiger partial charge in [-0.2, -0.15) is 0 Å². The van der Waals surface area contributed by atoms with E-state index in [4.69, 9.17) is 9.47 Å². The molecular formula is C12H14N4O2. The molecule has 0 saturated heterocycles. The topological polar surface area (TPSA) is 70.0 Å². The van der Waals surface area contributed by atoms with E-state index < -0.39 is 0 Å². The zero-order chi connectivity index (χ0) is 13.0. The molecule has 2 heterocycles. The second-order valence-corrected chi connectivity index (χ2v) is 3.70. The van der Waals surface area contributed by atoms with E-state index in [1.807, 2.05) is 6.92 Å². The van der Waals surface area contributed by atoms with Gasteiger partial charge in [0.1, 0.15) is 5.69 Å². The van der Waals surface area contributed by atoms with Crippen LogP contribution < -0.4 is 4.74 Å². The molecule has 0 bridgehead atoms. The second-order valence-electron chi connectivity index (χ2n) is 3.70. The monoisotopic (exact) mass is 246 g/mol. The number of aromatic nitrogens is 4. The van der Waals surface area contributed by atoms with E-state index in [0.29, 0.717) is 23.9 Å². The summed E-state index contributed by atoms with van der Waals surface area (Å²) >= 11 is 0. The first-order chi connectivity index (χ1) is 8.74. The Morgan fingerprint density at radius 1 is 1.11 bits per heavy atom. The van der Waals surface area contributed by atoms with Gasteiger partial charge in [0.15, 0.2) is 5.69 Å². The fraction of sp³-hybridized carbons (Fsp3) is 0.333. The van der Waals surface area contributed by atoms with Crippen LogP contribution in [0.4, 0.5) is 0 Å². The van der Waals surface area contributed by atoms with Gasteiger partial charge in [0.25, 0.3) is 0 Å². The van der Waals surface area contributed by atoms with Crippen molar-refractivity contribution in [1.82, 2.24) is 19.9 Å². The summed E-state index contributed by atoms with van der Waals surface area (Å²) in [6, 6.07) is 0. The lowest BCUT2D eigenvalue weighted by Crippen LogP contribution is -2.02. The lowest BCUT2D eigenvalue weighted by molar-refractivity contribution is 0.181. The van der Waals surface area contributed by atoms with E-state index in [2.05, 4.69) is 19.9 Å². The van der Waals surface area contributed by atoms with Crippen molar-refractivity contribution in [3.8, 4) is 17.3 Å². The molecule has 0 aliphatic rings. The van der Waals surface area contributed by atoms with Gasteiger partial charge in [-0.25, -0.2) is 15.0 Å². The molecule has 0 unspecified atom stereocenters. The van der Waals surface area contributed by atoms with E-state index in [1.165, 1.54) is 0 Å². The summed E-state index contributed by atoms with van der Waals surface area (Å²) in [5, 5.41) is 0. The van der Waals surface area contributed by atoms with E-state index in [-0.39, 0.29) is 0 Å². The third-order valence-electron chi connectivity index (χ3n) is 2.27. The second kappa shape index (κ2) is 5.50. The number of nitrogens with zero attached hydrogens (tertiary/aromatic N) is 4. The van der Waals surface area contributed by atoms with Crippen LogP contribution in [0.25, 0.3) is 11.4 Å². The molecule has 0 atom stereocenters. The van der Waals surface area contributed by atoms with E-state index in [0.717, 1.165) is 11.4 Å². The highest BCUT2D eigenvalue weighted by atomic mass is 16.5. The zero-order valence-corrected chi connectivity index (χ0v) is 10.5. The third kappa shape index (κ3) is 2.60. The maximum Gasteiger partial charge on any atom is 0.242 e. The molecule has 2 aromatic heterocycles. The molecule has 6 heteroatoms. The van der Waals surface area contributed by atoms with Crippen molar-refractivity contribution in [2.45, 2.75) is 13.5 Å². The Morgan fingerprint density at radius 3 is 2.61 bits per heavy atom. The minimum atomic E-state index is 0.392. The molecule has 0 N–H and O–H groups in total. The van der Waals surface area contributed by atoms with Gasteiger partial charge >= 0.3 is 0 Å². The first-order valence-corrected chi connectivity index (χ1v) is 5.42. The Labute approximate surface area is 105 Å². The van der Waals surface area contributed by atoms with E-state index in [9.17, 15) is 0 Å². The highest BCUT2D eigenvalue weighted by molar-refractivity contribution is 5.59. The Kier molecular flexibility index (Phi) is 3.78. The summed E-state index contributed by atoms with van der Waals surface area (Å²) < 4.78 is 10.2. The number of methoxy groups -OCH3 is 2. The first kappa shape index (κ1) is 12.4. The summed E-state index contributed by atoms with van der Waals surface area (Å²) in [4.78, 5) is 17.1. The van der Waals surface area contributed by atoms with Crippen LogP contribution in [0, 0.1) is 6.92 Å². The van der Waals surface area contributed by atoms with E-state index in [1.54, 1.807) is 32.8 Å². The summed E-state index contributed by atoms with van der Waals surface area (Å²) in [6.45, 7) is 2.26. The lowest BCUT2D eigenvalue weighted by atomic mass is 10.3. The van der Waals surface area contributed by atoms with Crippen LogP contribution in [0.2, 0.25) is 0 Å². The van der Waals surface area contributed by atoms with Gasteiger partial charge in [-0.05, 0) is 6.92 Å². The average Bonchev–Trinajstić information content (AvgIpc) is 2.39. The molecule has 0 amide bonds. The molecule has 6 nitrogen and oxygen atoms in total. The Morgan fingerprint density at radius 2 is 1.94 bits per heavy atom. The summed E-state index contributed by atoms with van der Waals surface area (Å²) in [5.74, 6) is 0.426. The van der Waals surface area contributed by atoms with Crippen molar-refractivity contribution >= 4 is 0 Å². The zero-order valence-electron chi connectivity index (χ0n) is 10.5. The van der Waals surface area contributed by atoms with E-state index >= 15 is 0 Å². The van der Waals surface area contributed by atoms with Crippen LogP contribution in [0.3, 0.4) is 0 Å². The Balaban J connectivity index is 2.49. The van der Waals surface area contributed by atoms with Gasteiger partial charge in [-0.3, -0.25) is 4.98 Å². The van der Waals surface area contributed by atoms with Crippen LogP contribution >= 0.6 is 0 Å². The highest BCUT2D eigenvalue weighted by Crippen LogP contribution is 2.23. The van der Waals surface area contributed by atoms with Crippen molar-refractivity contribution < 1.29 is 9.47 Å². The predicted molar refractivity (Wildman–Crippen MR) is 65.1 cm³/mol. The Bertz CT molecular complexity index is 545. The van der Waals surface area contributed by atoms with Crippen molar-refractivity contribution in [1.29, 1.82) is 0 Å². The summed E-state index contributed by atoms with van der Waals surface area (Å²) in [6.07, 6.45) is 4.94. The van der Waals surface area contributed by atoms with Crippen molar-refractivity contribution in [2.24, 2.45) is 0 Å². The summed E-state index contributed by atoms with van der Waals surface area (Å²) in [7, 11) is 3.16. The molecule has 94 valence electrons. The number of rotatable bonds is 4. The van der Waals surface area contributed by atoms with Crippen LogP contribution in [0.5, 0.6) is 5.88 Å². The molecule has 2 rings (SSSR count). The maximum absolute atomic E-state index is 5.19. The van der Waals surface area contributed by atoms with Gasteiger partial charge in [0.2, 0.25) is 5.88 Å². The van der Waals surface area contributed by atoms with Crippen LogP contribution in [-0.2, 0) is 11.3 Å². The van der Waals surface area contributed by atoms with Gasteiger partial charge in [-0.15, -0.1) is 0 Å². The standard InChI is InChI=1S/C12H14N4O2/c1-8-4-13-6-10(15-8)11-12(18-3)14-5-9(16-11)7-17-2/h4-6H,7H2,1-3H3. The van der Waals surface area contributed by atoms with Crippen molar-refractivity contribution in [3.05, 3.63) is 30.0 Å². The van der Waals surface area contributed by atoms with Crippen LogP contribution in [0.15, 0.2) is 18.6 Å². The smallest absolute Gasteiger partial charge is 0.242 e. The predicted octanol–water partition coefficient (Wildman–Crippen LogP) is 1.40. The molecule has 0 saturated carbocycles. The average molecular weight is 246 g/mol. The number of ether oxygens (including phenoxy) is 2. The molecular weight excluding hydrogens is 232 g/mol. The maximum atomic E-state index is 5.19. The Hall–Kier alpha value is -2.08. The van der Waals surface area contributed by atoms with Crippen LogP contribution in [0.1, 0.15) is 11.4 Å². The molecule has 0 radical (unpaired) electrons. The third-order valence-corrected chi connectivity index (χ3v) is 2.27. The summed E-state index contributed by atoms with van der Waals surface area (Å²) in [5.41, 5.74) is 2.74.